The Kier molecular flexibility index (Phi) is 6.49. The molecule has 0 fully saturated rings. The van der Waals surface area contributed by atoms with Gasteiger partial charge in [-0.1, -0.05) is 18.2 Å². The summed E-state index contributed by atoms with van der Waals surface area (Å²) in [4.78, 5) is 30.3. The molecule has 2 aromatic carbocycles. The fourth-order valence-electron chi connectivity index (χ4n) is 3.98. The molecule has 0 bridgehead atoms. The van der Waals surface area contributed by atoms with Gasteiger partial charge in [-0.15, -0.1) is 0 Å². The predicted molar refractivity (Wildman–Crippen MR) is 128 cm³/mol. The molecule has 0 spiro atoms. The Morgan fingerprint density at radius 2 is 1.67 bits per heavy atom. The van der Waals surface area contributed by atoms with Crippen molar-refractivity contribution in [1.29, 1.82) is 0 Å². The van der Waals surface area contributed by atoms with Crippen molar-refractivity contribution in [2.45, 2.75) is 20.4 Å². The molecule has 1 aliphatic heterocycles. The average molecular weight is 446 g/mol. The molecule has 0 radical (unpaired) electrons. The molecule has 0 saturated heterocycles. The Morgan fingerprint density at radius 1 is 0.939 bits per heavy atom. The second kappa shape index (κ2) is 9.65. The number of anilines is 2. The second-order valence-electron chi connectivity index (χ2n) is 7.57. The van der Waals surface area contributed by atoms with Crippen LogP contribution in [-0.4, -0.2) is 36.9 Å². The van der Waals surface area contributed by atoms with Crippen molar-refractivity contribution in [1.82, 2.24) is 4.90 Å². The summed E-state index contributed by atoms with van der Waals surface area (Å²) in [7, 11) is 1.54. The van der Waals surface area contributed by atoms with Gasteiger partial charge in [0.2, 0.25) is 0 Å². The van der Waals surface area contributed by atoms with E-state index in [0.29, 0.717) is 22.8 Å². The van der Waals surface area contributed by atoms with E-state index in [9.17, 15) is 9.59 Å². The second-order valence-corrected chi connectivity index (χ2v) is 7.57. The molecular formula is C26H27N3O4. The normalized spacial score (nSPS) is 13.6. The van der Waals surface area contributed by atoms with Crippen LogP contribution in [0, 0.1) is 0 Å². The number of imide groups is 1. The standard InChI is InChI=1S/C26H27N3O4/c1-4-28(5-2)19-14-12-18(13-15-19)27-24-23(21-10-6-7-11-22(21)32-3)25(30)29(26(24)31)17-20-9-8-16-33-20/h6-16,27H,4-5,17H2,1-3H3. The van der Waals surface area contributed by atoms with E-state index in [1.165, 1.54) is 11.2 Å². The summed E-state index contributed by atoms with van der Waals surface area (Å²) in [5.74, 6) is 0.235. The predicted octanol–water partition coefficient (Wildman–Crippen LogP) is 4.53. The number of rotatable bonds is 9. The number of ether oxygens (including phenoxy) is 1. The van der Waals surface area contributed by atoms with E-state index in [1.807, 2.05) is 36.4 Å². The number of carbonyl (C=O) groups excluding carboxylic acids is 2. The number of amides is 2. The molecule has 0 saturated carbocycles. The quantitative estimate of drug-likeness (QED) is 0.488. The van der Waals surface area contributed by atoms with Crippen LogP contribution in [0.2, 0.25) is 0 Å². The highest BCUT2D eigenvalue weighted by atomic mass is 16.5. The van der Waals surface area contributed by atoms with Crippen LogP contribution in [0.5, 0.6) is 5.75 Å². The number of hydrogen-bond donors (Lipinski definition) is 1. The number of para-hydroxylation sites is 1. The third-order valence-corrected chi connectivity index (χ3v) is 5.70. The Bertz CT molecular complexity index is 1160. The maximum Gasteiger partial charge on any atom is 0.278 e. The Morgan fingerprint density at radius 3 is 2.30 bits per heavy atom. The van der Waals surface area contributed by atoms with Gasteiger partial charge in [-0.3, -0.25) is 14.5 Å². The van der Waals surface area contributed by atoms with E-state index >= 15 is 0 Å². The lowest BCUT2D eigenvalue weighted by Gasteiger charge is -2.21. The molecule has 2 amide bonds. The Labute approximate surface area is 193 Å². The molecule has 4 rings (SSSR count). The molecule has 33 heavy (non-hydrogen) atoms. The summed E-state index contributed by atoms with van der Waals surface area (Å²) in [6.07, 6.45) is 1.52. The molecule has 0 atom stereocenters. The molecule has 0 unspecified atom stereocenters. The first kappa shape index (κ1) is 22.2. The van der Waals surface area contributed by atoms with Gasteiger partial charge in [-0.25, -0.2) is 0 Å². The van der Waals surface area contributed by atoms with Crippen molar-refractivity contribution in [3.8, 4) is 5.75 Å². The van der Waals surface area contributed by atoms with Crippen molar-refractivity contribution in [3.05, 3.63) is 83.9 Å². The van der Waals surface area contributed by atoms with E-state index < -0.39 is 11.8 Å². The van der Waals surface area contributed by atoms with E-state index in [1.54, 1.807) is 31.4 Å². The summed E-state index contributed by atoms with van der Waals surface area (Å²) in [6, 6.07) is 18.5. The summed E-state index contributed by atoms with van der Waals surface area (Å²) in [5, 5.41) is 3.20. The van der Waals surface area contributed by atoms with Gasteiger partial charge < -0.3 is 19.4 Å². The van der Waals surface area contributed by atoms with E-state index in [2.05, 4.69) is 24.1 Å². The maximum absolute atomic E-state index is 13.4. The maximum atomic E-state index is 13.4. The number of carbonyl (C=O) groups is 2. The lowest BCUT2D eigenvalue weighted by Crippen LogP contribution is -2.31. The summed E-state index contributed by atoms with van der Waals surface area (Å²) >= 11 is 0. The van der Waals surface area contributed by atoms with Gasteiger partial charge in [-0.05, 0) is 56.3 Å². The smallest absolute Gasteiger partial charge is 0.278 e. The molecule has 170 valence electrons. The number of nitrogens with zero attached hydrogens (tertiary/aromatic N) is 2. The monoisotopic (exact) mass is 445 g/mol. The van der Waals surface area contributed by atoms with Crippen LogP contribution in [0.15, 0.2) is 77.0 Å². The first-order valence-corrected chi connectivity index (χ1v) is 11.0. The molecule has 0 aliphatic carbocycles. The molecular weight excluding hydrogens is 418 g/mol. The van der Waals surface area contributed by atoms with Gasteiger partial charge >= 0.3 is 0 Å². The van der Waals surface area contributed by atoms with E-state index in [-0.39, 0.29) is 17.8 Å². The van der Waals surface area contributed by atoms with Crippen molar-refractivity contribution in [2.24, 2.45) is 0 Å². The zero-order valence-corrected chi connectivity index (χ0v) is 19.0. The lowest BCUT2D eigenvalue weighted by atomic mass is 10.0. The Hall–Kier alpha value is -4.00. The van der Waals surface area contributed by atoms with Crippen molar-refractivity contribution >= 4 is 28.8 Å². The number of benzene rings is 2. The van der Waals surface area contributed by atoms with Gasteiger partial charge in [0.15, 0.2) is 0 Å². The van der Waals surface area contributed by atoms with Crippen LogP contribution in [0.25, 0.3) is 5.57 Å². The number of methoxy groups -OCH3 is 1. The average Bonchev–Trinajstić information content (AvgIpc) is 3.44. The highest BCUT2D eigenvalue weighted by Crippen LogP contribution is 2.36. The van der Waals surface area contributed by atoms with Gasteiger partial charge in [0.05, 0.1) is 25.5 Å². The zero-order chi connectivity index (χ0) is 23.4. The van der Waals surface area contributed by atoms with Crippen molar-refractivity contribution in [2.75, 3.05) is 30.4 Å². The first-order valence-electron chi connectivity index (χ1n) is 11.0. The SMILES string of the molecule is CCN(CC)c1ccc(NC2=C(c3ccccc3OC)C(=O)N(Cc3ccco3)C2=O)cc1. The molecule has 7 heteroatoms. The number of hydrogen-bond acceptors (Lipinski definition) is 6. The zero-order valence-electron chi connectivity index (χ0n) is 19.0. The summed E-state index contributed by atoms with van der Waals surface area (Å²) < 4.78 is 10.9. The fraction of sp³-hybridized carbons (Fsp3) is 0.231. The third kappa shape index (κ3) is 4.35. The molecule has 1 aliphatic rings. The fourth-order valence-corrected chi connectivity index (χ4v) is 3.98. The van der Waals surface area contributed by atoms with Crippen molar-refractivity contribution in [3.63, 3.8) is 0 Å². The Balaban J connectivity index is 1.72. The molecule has 1 N–H and O–H groups in total. The van der Waals surface area contributed by atoms with Crippen LogP contribution >= 0.6 is 0 Å². The van der Waals surface area contributed by atoms with Gasteiger partial charge in [-0.2, -0.15) is 0 Å². The van der Waals surface area contributed by atoms with Gasteiger partial charge in [0.1, 0.15) is 17.2 Å². The van der Waals surface area contributed by atoms with Gasteiger partial charge in [0, 0.05) is 30.0 Å². The van der Waals surface area contributed by atoms with Crippen molar-refractivity contribution < 1.29 is 18.7 Å². The van der Waals surface area contributed by atoms with Crippen LogP contribution < -0.4 is 15.0 Å². The van der Waals surface area contributed by atoms with Crippen LogP contribution in [-0.2, 0) is 16.1 Å². The lowest BCUT2D eigenvalue weighted by molar-refractivity contribution is -0.137. The molecule has 2 heterocycles. The van der Waals surface area contributed by atoms with E-state index in [0.717, 1.165) is 18.8 Å². The molecule has 7 nitrogen and oxygen atoms in total. The minimum atomic E-state index is -0.412. The largest absolute Gasteiger partial charge is 0.496 e. The van der Waals surface area contributed by atoms with Gasteiger partial charge in [0.25, 0.3) is 11.8 Å². The number of furan rings is 1. The van der Waals surface area contributed by atoms with Crippen LogP contribution in [0.1, 0.15) is 25.2 Å². The van der Waals surface area contributed by atoms with Crippen LogP contribution in [0.3, 0.4) is 0 Å². The number of nitrogens with one attached hydrogen (secondary N) is 1. The molecule has 3 aromatic rings. The third-order valence-electron chi connectivity index (χ3n) is 5.70. The van der Waals surface area contributed by atoms with E-state index in [4.69, 9.17) is 9.15 Å². The molecule has 1 aromatic heterocycles. The first-order chi connectivity index (χ1) is 16.1. The van der Waals surface area contributed by atoms with Crippen LogP contribution in [0.4, 0.5) is 11.4 Å². The minimum absolute atomic E-state index is 0.0510. The summed E-state index contributed by atoms with van der Waals surface area (Å²) in [5.41, 5.74) is 2.86. The minimum Gasteiger partial charge on any atom is -0.496 e. The highest BCUT2D eigenvalue weighted by molar-refractivity contribution is 6.36. The summed E-state index contributed by atoms with van der Waals surface area (Å²) in [6.45, 7) is 6.07. The highest BCUT2D eigenvalue weighted by Gasteiger charge is 2.40. The topological polar surface area (TPSA) is 75.0 Å².